The Bertz CT molecular complexity index is 438. The van der Waals surface area contributed by atoms with Crippen LogP contribution < -0.4 is 5.32 Å². The molecule has 5 nitrogen and oxygen atoms in total. The Labute approximate surface area is 125 Å². The van der Waals surface area contributed by atoms with Gasteiger partial charge in [-0.25, -0.2) is 0 Å². The number of hydrogen-bond donors (Lipinski definition) is 2. The summed E-state index contributed by atoms with van der Waals surface area (Å²) in [6.45, 7) is 4.19. The number of benzene rings is 1. The van der Waals surface area contributed by atoms with E-state index in [9.17, 15) is 4.79 Å². The molecule has 0 aliphatic carbocycles. The van der Waals surface area contributed by atoms with Gasteiger partial charge in [0.2, 0.25) is 5.91 Å². The van der Waals surface area contributed by atoms with Gasteiger partial charge in [0.05, 0.1) is 25.9 Å². The predicted octanol–water partition coefficient (Wildman–Crippen LogP) is 0.427. The summed E-state index contributed by atoms with van der Waals surface area (Å²) in [5.41, 5.74) is 1.22. The van der Waals surface area contributed by atoms with Crippen LogP contribution in [-0.4, -0.2) is 60.9 Å². The molecule has 1 aliphatic rings. The van der Waals surface area contributed by atoms with Gasteiger partial charge in [0.15, 0.2) is 0 Å². The van der Waals surface area contributed by atoms with Crippen LogP contribution in [0.5, 0.6) is 0 Å². The number of nitrogens with zero attached hydrogens (tertiary/aromatic N) is 1. The summed E-state index contributed by atoms with van der Waals surface area (Å²) in [6, 6.07) is 10.3. The molecule has 0 spiro atoms. The lowest BCUT2D eigenvalue weighted by atomic mass is 10.1. The molecule has 0 saturated carbocycles. The summed E-state index contributed by atoms with van der Waals surface area (Å²) in [7, 11) is 0. The maximum atomic E-state index is 12.0. The normalized spacial score (nSPS) is 23.0. The summed E-state index contributed by atoms with van der Waals surface area (Å²) in [5.74, 6) is 0.0244. The van der Waals surface area contributed by atoms with Crippen LogP contribution in [0.4, 0.5) is 0 Å². The average molecular weight is 292 g/mol. The van der Waals surface area contributed by atoms with Crippen molar-refractivity contribution < 1.29 is 14.6 Å². The van der Waals surface area contributed by atoms with Crippen molar-refractivity contribution in [3.63, 3.8) is 0 Å². The molecule has 21 heavy (non-hydrogen) atoms. The molecule has 0 aromatic heterocycles. The van der Waals surface area contributed by atoms with Gasteiger partial charge in [-0.15, -0.1) is 0 Å². The number of hydrogen-bond acceptors (Lipinski definition) is 4. The van der Waals surface area contributed by atoms with Gasteiger partial charge in [0, 0.05) is 19.1 Å². The Hall–Kier alpha value is -1.43. The third-order valence-electron chi connectivity index (χ3n) is 3.76. The second-order valence-electron chi connectivity index (χ2n) is 5.50. The number of rotatable bonds is 6. The molecule has 1 saturated heterocycles. The molecule has 5 heteroatoms. The van der Waals surface area contributed by atoms with E-state index in [2.05, 4.69) is 22.3 Å². The zero-order chi connectivity index (χ0) is 15.1. The van der Waals surface area contributed by atoms with E-state index >= 15 is 0 Å². The highest BCUT2D eigenvalue weighted by atomic mass is 16.5. The van der Waals surface area contributed by atoms with E-state index < -0.39 is 0 Å². The molecule has 1 aromatic carbocycles. The molecular weight excluding hydrogens is 268 g/mol. The van der Waals surface area contributed by atoms with Crippen molar-refractivity contribution in [3.8, 4) is 0 Å². The molecule has 2 unspecified atom stereocenters. The van der Waals surface area contributed by atoms with Crippen molar-refractivity contribution in [1.29, 1.82) is 0 Å². The standard InChI is InChI=1S/C16H24N2O3/c1-13-12-21-15(11-19)9-18(13)10-16(20)17-8-7-14-5-3-2-4-6-14/h2-6,13,15,19H,7-12H2,1H3,(H,17,20). The van der Waals surface area contributed by atoms with Gasteiger partial charge < -0.3 is 15.2 Å². The topological polar surface area (TPSA) is 61.8 Å². The fourth-order valence-corrected chi connectivity index (χ4v) is 2.44. The van der Waals surface area contributed by atoms with Crippen LogP contribution in [0.3, 0.4) is 0 Å². The number of carbonyl (C=O) groups is 1. The Morgan fingerprint density at radius 1 is 1.43 bits per heavy atom. The van der Waals surface area contributed by atoms with Gasteiger partial charge in [0.1, 0.15) is 0 Å². The first-order valence-electron chi connectivity index (χ1n) is 7.46. The highest BCUT2D eigenvalue weighted by Crippen LogP contribution is 2.10. The molecule has 1 aliphatic heterocycles. The number of aliphatic hydroxyl groups is 1. The maximum absolute atomic E-state index is 12.0. The number of nitrogens with one attached hydrogen (secondary N) is 1. The van der Waals surface area contributed by atoms with Crippen molar-refractivity contribution in [2.45, 2.75) is 25.5 Å². The molecule has 0 bridgehead atoms. The highest BCUT2D eigenvalue weighted by molar-refractivity contribution is 5.78. The lowest BCUT2D eigenvalue weighted by Crippen LogP contribution is -2.52. The Kier molecular flexibility index (Phi) is 6.17. The smallest absolute Gasteiger partial charge is 0.234 e. The minimum Gasteiger partial charge on any atom is -0.394 e. The largest absolute Gasteiger partial charge is 0.394 e. The van der Waals surface area contributed by atoms with Crippen LogP contribution >= 0.6 is 0 Å². The van der Waals surface area contributed by atoms with Gasteiger partial charge >= 0.3 is 0 Å². The quantitative estimate of drug-likeness (QED) is 0.798. The van der Waals surface area contributed by atoms with Gasteiger partial charge in [-0.2, -0.15) is 0 Å². The second-order valence-corrected chi connectivity index (χ2v) is 5.50. The zero-order valence-electron chi connectivity index (χ0n) is 12.5. The van der Waals surface area contributed by atoms with Gasteiger partial charge in [-0.3, -0.25) is 9.69 Å². The van der Waals surface area contributed by atoms with Gasteiger partial charge in [-0.1, -0.05) is 30.3 Å². The lowest BCUT2D eigenvalue weighted by Gasteiger charge is -2.36. The van der Waals surface area contributed by atoms with Crippen molar-refractivity contribution in [2.75, 3.05) is 32.8 Å². The average Bonchev–Trinajstić information content (AvgIpc) is 2.50. The molecule has 1 amide bonds. The van der Waals surface area contributed by atoms with E-state index in [1.54, 1.807) is 0 Å². The number of carbonyl (C=O) groups excluding carboxylic acids is 1. The van der Waals surface area contributed by atoms with Crippen molar-refractivity contribution in [3.05, 3.63) is 35.9 Å². The van der Waals surface area contributed by atoms with E-state index in [4.69, 9.17) is 9.84 Å². The molecule has 1 heterocycles. The molecule has 116 valence electrons. The first kappa shape index (κ1) is 15.9. The third-order valence-corrected chi connectivity index (χ3v) is 3.76. The minimum atomic E-state index is -0.182. The highest BCUT2D eigenvalue weighted by Gasteiger charge is 2.26. The predicted molar refractivity (Wildman–Crippen MR) is 81.0 cm³/mol. The third kappa shape index (κ3) is 5.12. The SMILES string of the molecule is CC1COC(CO)CN1CC(=O)NCCc1ccccc1. The van der Waals surface area contributed by atoms with E-state index in [0.717, 1.165) is 6.42 Å². The van der Waals surface area contributed by atoms with Crippen LogP contribution in [0.25, 0.3) is 0 Å². The van der Waals surface area contributed by atoms with Crippen LogP contribution in [0.2, 0.25) is 0 Å². The number of aliphatic hydroxyl groups excluding tert-OH is 1. The first-order chi connectivity index (χ1) is 10.2. The number of amides is 1. The van der Waals surface area contributed by atoms with Crippen LogP contribution in [-0.2, 0) is 16.0 Å². The lowest BCUT2D eigenvalue weighted by molar-refractivity contribution is -0.127. The molecule has 0 radical (unpaired) electrons. The van der Waals surface area contributed by atoms with E-state index in [-0.39, 0.29) is 24.7 Å². The molecular formula is C16H24N2O3. The van der Waals surface area contributed by atoms with Crippen molar-refractivity contribution >= 4 is 5.91 Å². The fourth-order valence-electron chi connectivity index (χ4n) is 2.44. The summed E-state index contributed by atoms with van der Waals surface area (Å²) in [6.07, 6.45) is 0.656. The monoisotopic (exact) mass is 292 g/mol. The molecule has 1 fully saturated rings. The van der Waals surface area contributed by atoms with E-state index in [1.807, 2.05) is 25.1 Å². The van der Waals surface area contributed by atoms with Crippen LogP contribution in [0.15, 0.2) is 30.3 Å². The Morgan fingerprint density at radius 3 is 2.90 bits per heavy atom. The summed E-state index contributed by atoms with van der Waals surface area (Å²) in [5, 5.41) is 12.1. The summed E-state index contributed by atoms with van der Waals surface area (Å²) in [4.78, 5) is 14.0. The Balaban J connectivity index is 1.71. The van der Waals surface area contributed by atoms with Crippen LogP contribution in [0, 0.1) is 0 Å². The number of morpholine rings is 1. The second kappa shape index (κ2) is 8.12. The van der Waals surface area contributed by atoms with Gasteiger partial charge in [0.25, 0.3) is 0 Å². The minimum absolute atomic E-state index is 0.00114. The van der Waals surface area contributed by atoms with E-state index in [0.29, 0.717) is 26.2 Å². The molecule has 1 aromatic rings. The summed E-state index contributed by atoms with van der Waals surface area (Å²) < 4.78 is 5.47. The Morgan fingerprint density at radius 2 is 2.19 bits per heavy atom. The summed E-state index contributed by atoms with van der Waals surface area (Å²) >= 11 is 0. The van der Waals surface area contributed by atoms with Gasteiger partial charge in [-0.05, 0) is 18.9 Å². The van der Waals surface area contributed by atoms with Crippen molar-refractivity contribution in [1.82, 2.24) is 10.2 Å². The first-order valence-corrected chi connectivity index (χ1v) is 7.46. The molecule has 2 N–H and O–H groups in total. The fraction of sp³-hybridized carbons (Fsp3) is 0.562. The van der Waals surface area contributed by atoms with Crippen LogP contribution in [0.1, 0.15) is 12.5 Å². The van der Waals surface area contributed by atoms with Crippen molar-refractivity contribution in [2.24, 2.45) is 0 Å². The number of ether oxygens (including phenoxy) is 1. The molecule has 2 rings (SSSR count). The molecule has 2 atom stereocenters. The van der Waals surface area contributed by atoms with E-state index in [1.165, 1.54) is 5.56 Å². The maximum Gasteiger partial charge on any atom is 0.234 e. The zero-order valence-corrected chi connectivity index (χ0v) is 12.5.